The van der Waals surface area contributed by atoms with Crippen molar-refractivity contribution in [2.75, 3.05) is 26.4 Å². The Bertz CT molecular complexity index is 694. The second-order valence-corrected chi connectivity index (χ2v) is 5.94. The summed E-state index contributed by atoms with van der Waals surface area (Å²) in [6, 6.07) is 3.73. The van der Waals surface area contributed by atoms with Crippen molar-refractivity contribution in [2.24, 2.45) is 0 Å². The minimum absolute atomic E-state index is 0.0306. The van der Waals surface area contributed by atoms with Gasteiger partial charge >= 0.3 is 0 Å². The number of carbonyl (C=O) groups is 2. The number of nitrogen functional groups attached to an aromatic ring is 1. The summed E-state index contributed by atoms with van der Waals surface area (Å²) >= 11 is 1.27. The summed E-state index contributed by atoms with van der Waals surface area (Å²) in [5.74, 6) is -0.295. The molecule has 2 aromatic rings. The number of hydrogen-bond donors (Lipinski definition) is 2. The zero-order valence-corrected chi connectivity index (χ0v) is 13.1. The van der Waals surface area contributed by atoms with E-state index in [9.17, 15) is 9.59 Å². The highest BCUT2D eigenvalue weighted by atomic mass is 32.1. The minimum Gasteiger partial charge on any atom is -0.397 e. The van der Waals surface area contributed by atoms with Gasteiger partial charge in [0.1, 0.15) is 9.71 Å². The first-order valence-corrected chi connectivity index (χ1v) is 7.35. The van der Waals surface area contributed by atoms with Crippen LogP contribution in [0.25, 0.3) is 10.2 Å². The van der Waals surface area contributed by atoms with Gasteiger partial charge in [-0.25, -0.2) is 4.98 Å². The fourth-order valence-corrected chi connectivity index (χ4v) is 2.90. The van der Waals surface area contributed by atoms with Crippen LogP contribution in [0.5, 0.6) is 0 Å². The minimum atomic E-state index is -0.264. The lowest BCUT2D eigenvalue weighted by molar-refractivity contribution is -0.128. The number of rotatable bonds is 4. The molecule has 6 nitrogen and oxygen atoms in total. The second kappa shape index (κ2) is 6.09. The molecule has 0 aromatic carbocycles. The lowest BCUT2D eigenvalue weighted by Gasteiger charge is -2.10. The topological polar surface area (TPSA) is 88.3 Å². The summed E-state index contributed by atoms with van der Waals surface area (Å²) in [6.07, 6.45) is 0.265. The number of nitrogens with two attached hydrogens (primary N) is 1. The summed E-state index contributed by atoms with van der Waals surface area (Å²) in [5.41, 5.74) is 7.33. The van der Waals surface area contributed by atoms with E-state index in [0.717, 1.165) is 15.9 Å². The van der Waals surface area contributed by atoms with Crippen LogP contribution in [0.4, 0.5) is 5.69 Å². The predicted molar refractivity (Wildman–Crippen MR) is 84.4 cm³/mol. The third-order valence-electron chi connectivity index (χ3n) is 3.06. The van der Waals surface area contributed by atoms with Crippen LogP contribution in [0.2, 0.25) is 0 Å². The average Bonchev–Trinajstić information content (AvgIpc) is 2.75. The lowest BCUT2D eigenvalue weighted by atomic mass is 10.2. The molecule has 0 spiro atoms. The summed E-state index contributed by atoms with van der Waals surface area (Å²) in [7, 11) is 3.37. The molecule has 2 heterocycles. The molecule has 0 radical (unpaired) electrons. The van der Waals surface area contributed by atoms with E-state index < -0.39 is 0 Å². The van der Waals surface area contributed by atoms with E-state index in [-0.39, 0.29) is 24.8 Å². The highest BCUT2D eigenvalue weighted by Gasteiger charge is 2.17. The van der Waals surface area contributed by atoms with E-state index in [4.69, 9.17) is 5.73 Å². The normalized spacial score (nSPS) is 10.6. The van der Waals surface area contributed by atoms with Crippen LogP contribution in [0.1, 0.15) is 21.8 Å². The van der Waals surface area contributed by atoms with E-state index >= 15 is 0 Å². The molecule has 0 aliphatic carbocycles. The molecule has 0 bridgehead atoms. The Morgan fingerprint density at radius 1 is 1.38 bits per heavy atom. The van der Waals surface area contributed by atoms with Crippen molar-refractivity contribution >= 4 is 39.1 Å². The number of pyridine rings is 1. The number of anilines is 1. The van der Waals surface area contributed by atoms with Crippen LogP contribution in [0.15, 0.2) is 12.1 Å². The molecule has 0 unspecified atom stereocenters. The first-order valence-electron chi connectivity index (χ1n) is 6.54. The average molecular weight is 306 g/mol. The highest BCUT2D eigenvalue weighted by Crippen LogP contribution is 2.32. The SMILES string of the molecule is Cc1ccc2c(N)c(C(=O)NCCC(=O)N(C)C)sc2n1. The van der Waals surface area contributed by atoms with Gasteiger partial charge in [0.25, 0.3) is 5.91 Å². The number of amides is 2. The van der Waals surface area contributed by atoms with Crippen LogP contribution in [-0.4, -0.2) is 42.3 Å². The van der Waals surface area contributed by atoms with Crippen LogP contribution in [-0.2, 0) is 4.79 Å². The molecule has 0 atom stereocenters. The van der Waals surface area contributed by atoms with Gasteiger partial charge in [-0.3, -0.25) is 9.59 Å². The molecule has 0 saturated heterocycles. The molecule has 0 saturated carbocycles. The van der Waals surface area contributed by atoms with Gasteiger partial charge in [-0.1, -0.05) is 0 Å². The molecular weight excluding hydrogens is 288 g/mol. The number of carbonyl (C=O) groups excluding carboxylic acids is 2. The van der Waals surface area contributed by atoms with Gasteiger partial charge < -0.3 is 16.0 Å². The van der Waals surface area contributed by atoms with Crippen LogP contribution >= 0.6 is 11.3 Å². The lowest BCUT2D eigenvalue weighted by Crippen LogP contribution is -2.30. The highest BCUT2D eigenvalue weighted by molar-refractivity contribution is 7.21. The molecule has 112 valence electrons. The van der Waals surface area contributed by atoms with Gasteiger partial charge in [-0.2, -0.15) is 0 Å². The Kier molecular flexibility index (Phi) is 4.42. The molecule has 21 heavy (non-hydrogen) atoms. The molecule has 0 aliphatic heterocycles. The van der Waals surface area contributed by atoms with Gasteiger partial charge in [0.05, 0.1) is 5.69 Å². The standard InChI is InChI=1S/C14H18N4O2S/c1-8-4-5-9-11(15)12(21-14(9)17-8)13(20)16-7-6-10(19)18(2)3/h4-5H,6-7,15H2,1-3H3,(H,16,20). The van der Waals surface area contributed by atoms with Gasteiger partial charge in [0, 0.05) is 38.1 Å². The Morgan fingerprint density at radius 3 is 2.76 bits per heavy atom. The maximum absolute atomic E-state index is 12.1. The first-order chi connectivity index (χ1) is 9.90. The molecule has 2 rings (SSSR count). The number of nitrogens with one attached hydrogen (secondary N) is 1. The number of hydrogen-bond acceptors (Lipinski definition) is 5. The number of aromatic nitrogens is 1. The summed E-state index contributed by atoms with van der Waals surface area (Å²) < 4.78 is 0. The number of aryl methyl sites for hydroxylation is 1. The predicted octanol–water partition coefficient (Wildman–Crippen LogP) is 1.40. The van der Waals surface area contributed by atoms with Crippen molar-refractivity contribution in [3.63, 3.8) is 0 Å². The van der Waals surface area contributed by atoms with Crippen LogP contribution in [0, 0.1) is 6.92 Å². The van der Waals surface area contributed by atoms with Crippen molar-refractivity contribution in [2.45, 2.75) is 13.3 Å². The zero-order chi connectivity index (χ0) is 15.6. The van der Waals surface area contributed by atoms with E-state index in [1.807, 2.05) is 19.1 Å². The van der Waals surface area contributed by atoms with Gasteiger partial charge in [0.15, 0.2) is 0 Å². The fraction of sp³-hybridized carbons (Fsp3) is 0.357. The zero-order valence-electron chi connectivity index (χ0n) is 12.3. The fourth-order valence-electron chi connectivity index (χ4n) is 1.85. The van der Waals surface area contributed by atoms with Crippen molar-refractivity contribution in [3.05, 3.63) is 22.7 Å². The van der Waals surface area contributed by atoms with E-state index in [1.165, 1.54) is 16.2 Å². The Labute approximate surface area is 127 Å². The van der Waals surface area contributed by atoms with Crippen molar-refractivity contribution in [3.8, 4) is 0 Å². The third-order valence-corrected chi connectivity index (χ3v) is 4.18. The molecule has 0 fully saturated rings. The first kappa shape index (κ1) is 15.2. The van der Waals surface area contributed by atoms with Gasteiger partial charge in [-0.05, 0) is 19.1 Å². The van der Waals surface area contributed by atoms with Crippen LogP contribution < -0.4 is 11.1 Å². The van der Waals surface area contributed by atoms with E-state index in [0.29, 0.717) is 10.6 Å². The largest absolute Gasteiger partial charge is 0.397 e. The Morgan fingerprint density at radius 2 is 2.10 bits per heavy atom. The van der Waals surface area contributed by atoms with Gasteiger partial charge in [0.2, 0.25) is 5.91 Å². The maximum Gasteiger partial charge on any atom is 0.263 e. The Balaban J connectivity index is 2.09. The number of thiophene rings is 1. The van der Waals surface area contributed by atoms with E-state index in [2.05, 4.69) is 10.3 Å². The van der Waals surface area contributed by atoms with Crippen LogP contribution in [0.3, 0.4) is 0 Å². The number of fused-ring (bicyclic) bond motifs is 1. The molecule has 7 heteroatoms. The van der Waals surface area contributed by atoms with Crippen molar-refractivity contribution < 1.29 is 9.59 Å². The summed E-state index contributed by atoms with van der Waals surface area (Å²) in [4.78, 5) is 30.6. The monoisotopic (exact) mass is 306 g/mol. The Hall–Kier alpha value is -2.15. The molecule has 2 amide bonds. The van der Waals surface area contributed by atoms with Gasteiger partial charge in [-0.15, -0.1) is 11.3 Å². The third kappa shape index (κ3) is 3.30. The summed E-state index contributed by atoms with van der Waals surface area (Å²) in [6.45, 7) is 2.18. The molecule has 3 N–H and O–H groups in total. The maximum atomic E-state index is 12.1. The van der Waals surface area contributed by atoms with Crippen molar-refractivity contribution in [1.29, 1.82) is 0 Å². The summed E-state index contributed by atoms with van der Waals surface area (Å²) in [5, 5.41) is 3.51. The quantitative estimate of drug-likeness (QED) is 0.893. The second-order valence-electron chi connectivity index (χ2n) is 4.94. The smallest absolute Gasteiger partial charge is 0.263 e. The van der Waals surface area contributed by atoms with E-state index in [1.54, 1.807) is 14.1 Å². The molecule has 2 aromatic heterocycles. The molecular formula is C14H18N4O2S. The molecule has 0 aliphatic rings. The van der Waals surface area contributed by atoms with Crippen molar-refractivity contribution in [1.82, 2.24) is 15.2 Å². The number of nitrogens with zero attached hydrogens (tertiary/aromatic N) is 2.